The van der Waals surface area contributed by atoms with Crippen LogP contribution in [-0.2, 0) is 9.59 Å². The molecular formula is C11H17N3O4. The van der Waals surface area contributed by atoms with Crippen LogP contribution in [0, 0.1) is 5.92 Å². The molecule has 0 aromatic rings. The topological polar surface area (TPSA) is 108 Å². The average molecular weight is 255 g/mol. The van der Waals surface area contributed by atoms with Gasteiger partial charge >= 0.3 is 12.0 Å². The fraction of sp³-hybridized carbons (Fsp3) is 0.727. The van der Waals surface area contributed by atoms with Gasteiger partial charge in [0.25, 0.3) is 0 Å². The minimum Gasteiger partial charge on any atom is -0.480 e. The SMILES string of the molecule is O=C(NCCNC(=O)C1CC1)NC1(C(=O)O)CC1. The van der Waals surface area contributed by atoms with Crippen LogP contribution in [0.5, 0.6) is 0 Å². The van der Waals surface area contributed by atoms with Gasteiger partial charge in [0.1, 0.15) is 5.54 Å². The summed E-state index contributed by atoms with van der Waals surface area (Å²) in [6.07, 6.45) is 2.82. The molecule has 0 spiro atoms. The molecule has 0 atom stereocenters. The fourth-order valence-electron chi connectivity index (χ4n) is 1.63. The van der Waals surface area contributed by atoms with Gasteiger partial charge in [0, 0.05) is 19.0 Å². The number of amides is 3. The quantitative estimate of drug-likeness (QED) is 0.477. The zero-order chi connectivity index (χ0) is 13.2. The maximum absolute atomic E-state index is 11.4. The minimum atomic E-state index is -1.07. The van der Waals surface area contributed by atoms with Crippen molar-refractivity contribution in [2.24, 2.45) is 5.92 Å². The molecule has 0 radical (unpaired) electrons. The van der Waals surface area contributed by atoms with Gasteiger partial charge in [0.05, 0.1) is 0 Å². The maximum atomic E-state index is 11.4. The lowest BCUT2D eigenvalue weighted by atomic mass is 10.3. The van der Waals surface area contributed by atoms with Gasteiger partial charge in [-0.25, -0.2) is 9.59 Å². The van der Waals surface area contributed by atoms with E-state index in [1.165, 1.54) is 0 Å². The first-order valence-corrected chi connectivity index (χ1v) is 6.11. The van der Waals surface area contributed by atoms with E-state index in [9.17, 15) is 14.4 Å². The second-order valence-electron chi connectivity index (χ2n) is 4.83. The molecular weight excluding hydrogens is 238 g/mol. The van der Waals surface area contributed by atoms with Crippen molar-refractivity contribution in [1.82, 2.24) is 16.0 Å². The van der Waals surface area contributed by atoms with Gasteiger partial charge in [-0.05, 0) is 25.7 Å². The van der Waals surface area contributed by atoms with E-state index in [1.807, 2.05) is 0 Å². The highest BCUT2D eigenvalue weighted by Crippen LogP contribution is 2.35. The highest BCUT2D eigenvalue weighted by atomic mass is 16.4. The summed E-state index contributed by atoms with van der Waals surface area (Å²) in [6, 6.07) is -0.504. The molecule has 7 nitrogen and oxygen atoms in total. The largest absolute Gasteiger partial charge is 0.480 e. The molecule has 2 aliphatic carbocycles. The number of nitrogens with one attached hydrogen (secondary N) is 3. The predicted molar refractivity (Wildman–Crippen MR) is 61.9 cm³/mol. The molecule has 0 bridgehead atoms. The van der Waals surface area contributed by atoms with Crippen LogP contribution in [0.3, 0.4) is 0 Å². The number of carbonyl (C=O) groups excluding carboxylic acids is 2. The number of carboxylic acid groups (broad SMARTS) is 1. The second kappa shape index (κ2) is 4.83. The minimum absolute atomic E-state index is 0.0291. The molecule has 2 fully saturated rings. The second-order valence-corrected chi connectivity index (χ2v) is 4.83. The first-order valence-electron chi connectivity index (χ1n) is 6.11. The van der Waals surface area contributed by atoms with Crippen LogP contribution in [0.4, 0.5) is 4.79 Å². The summed E-state index contributed by atoms with van der Waals surface area (Å²) in [5, 5.41) is 16.5. The Hall–Kier alpha value is -1.79. The molecule has 7 heteroatoms. The molecule has 0 aromatic heterocycles. The van der Waals surface area contributed by atoms with Gasteiger partial charge in [-0.2, -0.15) is 0 Å². The first kappa shape index (κ1) is 12.7. The molecule has 100 valence electrons. The standard InChI is InChI=1S/C11H17N3O4/c15-8(7-1-2-7)12-5-6-13-10(18)14-11(3-4-11)9(16)17/h7H,1-6H2,(H,12,15)(H,16,17)(H2,13,14,18). The van der Waals surface area contributed by atoms with Crippen LogP contribution >= 0.6 is 0 Å². The fourth-order valence-corrected chi connectivity index (χ4v) is 1.63. The molecule has 0 heterocycles. The summed E-state index contributed by atoms with van der Waals surface area (Å²) >= 11 is 0. The Morgan fingerprint density at radius 2 is 1.72 bits per heavy atom. The molecule has 18 heavy (non-hydrogen) atoms. The molecule has 4 N–H and O–H groups in total. The molecule has 0 aromatic carbocycles. The molecule has 0 unspecified atom stereocenters. The van der Waals surface area contributed by atoms with E-state index in [0.717, 1.165) is 12.8 Å². The first-order chi connectivity index (χ1) is 8.53. The molecule has 0 saturated heterocycles. The highest BCUT2D eigenvalue weighted by molar-refractivity contribution is 5.88. The summed E-state index contributed by atoms with van der Waals surface area (Å²) in [5.74, 6) is -0.818. The van der Waals surface area contributed by atoms with E-state index in [4.69, 9.17) is 5.11 Å². The van der Waals surface area contributed by atoms with Crippen LogP contribution in [0.1, 0.15) is 25.7 Å². The zero-order valence-corrected chi connectivity index (χ0v) is 9.99. The molecule has 0 aliphatic heterocycles. The molecule has 3 amide bonds. The Bertz CT molecular complexity index is 374. The van der Waals surface area contributed by atoms with Gasteiger partial charge in [0.15, 0.2) is 0 Å². The smallest absolute Gasteiger partial charge is 0.329 e. The van der Waals surface area contributed by atoms with E-state index >= 15 is 0 Å². The van der Waals surface area contributed by atoms with Crippen molar-refractivity contribution in [3.8, 4) is 0 Å². The van der Waals surface area contributed by atoms with E-state index < -0.39 is 17.5 Å². The Morgan fingerprint density at radius 3 is 2.22 bits per heavy atom. The third-order valence-electron chi connectivity index (χ3n) is 3.17. The van der Waals surface area contributed by atoms with Crippen LogP contribution < -0.4 is 16.0 Å². The van der Waals surface area contributed by atoms with Crippen molar-refractivity contribution in [2.75, 3.05) is 13.1 Å². The summed E-state index contributed by atoms with van der Waals surface area (Å²) in [7, 11) is 0. The maximum Gasteiger partial charge on any atom is 0.329 e. The van der Waals surface area contributed by atoms with Crippen molar-refractivity contribution in [3.05, 3.63) is 0 Å². The Balaban J connectivity index is 1.57. The van der Waals surface area contributed by atoms with Gasteiger partial charge in [-0.3, -0.25) is 4.79 Å². The number of hydrogen-bond acceptors (Lipinski definition) is 3. The van der Waals surface area contributed by atoms with E-state index in [2.05, 4.69) is 16.0 Å². The lowest BCUT2D eigenvalue weighted by molar-refractivity contribution is -0.140. The zero-order valence-electron chi connectivity index (χ0n) is 9.99. The number of rotatable bonds is 6. The molecule has 2 aliphatic rings. The summed E-state index contributed by atoms with van der Waals surface area (Å²) in [6.45, 7) is 0.656. The number of hydrogen-bond donors (Lipinski definition) is 4. The van der Waals surface area contributed by atoms with E-state index in [0.29, 0.717) is 25.9 Å². The number of urea groups is 1. The highest BCUT2D eigenvalue weighted by Gasteiger charge is 2.51. The summed E-state index contributed by atoms with van der Waals surface area (Å²) in [5.41, 5.74) is -1.07. The number of carbonyl (C=O) groups is 3. The lowest BCUT2D eigenvalue weighted by Crippen LogP contribution is -2.49. The van der Waals surface area contributed by atoms with Crippen LogP contribution in [-0.4, -0.2) is 41.6 Å². The summed E-state index contributed by atoms with van der Waals surface area (Å²) in [4.78, 5) is 33.5. The third-order valence-corrected chi connectivity index (χ3v) is 3.17. The Labute approximate surface area is 104 Å². The van der Waals surface area contributed by atoms with Gasteiger partial charge in [-0.1, -0.05) is 0 Å². The van der Waals surface area contributed by atoms with Crippen LogP contribution in [0.15, 0.2) is 0 Å². The average Bonchev–Trinajstić information content (AvgIpc) is 3.14. The van der Waals surface area contributed by atoms with E-state index in [1.54, 1.807) is 0 Å². The van der Waals surface area contributed by atoms with E-state index in [-0.39, 0.29) is 11.8 Å². The summed E-state index contributed by atoms with van der Waals surface area (Å²) < 4.78 is 0. The van der Waals surface area contributed by atoms with Gasteiger partial charge < -0.3 is 21.1 Å². The van der Waals surface area contributed by atoms with Crippen molar-refractivity contribution < 1.29 is 19.5 Å². The number of aliphatic carboxylic acids is 1. The Kier molecular flexibility index (Phi) is 3.40. The molecule has 2 saturated carbocycles. The van der Waals surface area contributed by atoms with Crippen molar-refractivity contribution in [3.63, 3.8) is 0 Å². The van der Waals surface area contributed by atoms with Crippen LogP contribution in [0.2, 0.25) is 0 Å². The van der Waals surface area contributed by atoms with Crippen molar-refractivity contribution >= 4 is 17.9 Å². The molecule has 2 rings (SSSR count). The van der Waals surface area contributed by atoms with Crippen molar-refractivity contribution in [2.45, 2.75) is 31.2 Å². The lowest BCUT2D eigenvalue weighted by Gasteiger charge is -2.13. The van der Waals surface area contributed by atoms with Gasteiger partial charge in [0.2, 0.25) is 5.91 Å². The third kappa shape index (κ3) is 3.12. The number of carboxylic acids is 1. The van der Waals surface area contributed by atoms with Crippen LogP contribution in [0.25, 0.3) is 0 Å². The normalized spacial score (nSPS) is 19.8. The van der Waals surface area contributed by atoms with Crippen molar-refractivity contribution in [1.29, 1.82) is 0 Å². The monoisotopic (exact) mass is 255 g/mol. The predicted octanol–water partition coefficient (Wildman–Crippen LogP) is -0.571. The Morgan fingerprint density at radius 1 is 1.11 bits per heavy atom. The van der Waals surface area contributed by atoms with Gasteiger partial charge in [-0.15, -0.1) is 0 Å².